The Hall–Kier alpha value is -5.41. The molecule has 0 aliphatic heterocycles. The number of para-hydroxylation sites is 2. The van der Waals surface area contributed by atoms with Crippen LogP contribution in [0.4, 0.5) is 0 Å². The summed E-state index contributed by atoms with van der Waals surface area (Å²) in [5, 5.41) is 7.78. The lowest BCUT2D eigenvalue weighted by molar-refractivity contribution is 0.669. The lowest BCUT2D eigenvalue weighted by atomic mass is 9.94. The Morgan fingerprint density at radius 3 is 2.00 bits per heavy atom. The van der Waals surface area contributed by atoms with Crippen LogP contribution in [0.1, 0.15) is 19.4 Å². The van der Waals surface area contributed by atoms with Gasteiger partial charge in [0.1, 0.15) is 17.0 Å². The Labute approximate surface area is 250 Å². The fourth-order valence-corrected chi connectivity index (χ4v) is 6.60. The molecule has 0 saturated carbocycles. The molecule has 7 aromatic carbocycles. The van der Waals surface area contributed by atoms with E-state index in [2.05, 4.69) is 36.4 Å². The maximum Gasteiger partial charge on any atom is 0.149 e. The highest BCUT2D eigenvalue weighted by Crippen LogP contribution is 2.41. The van der Waals surface area contributed by atoms with Crippen LogP contribution in [0, 0.1) is 13.7 Å². The van der Waals surface area contributed by atoms with Crippen molar-refractivity contribution in [2.45, 2.75) is 13.7 Å². The van der Waals surface area contributed by atoms with Gasteiger partial charge in [-0.05, 0) is 87.5 Å². The van der Waals surface area contributed by atoms with E-state index >= 15 is 0 Å². The van der Waals surface area contributed by atoms with Crippen molar-refractivity contribution in [3.05, 3.63) is 132 Å². The van der Waals surface area contributed by atoms with Crippen molar-refractivity contribution in [3.8, 4) is 17.1 Å². The number of hydrogen-bond donors (Lipinski definition) is 0. The van der Waals surface area contributed by atoms with Gasteiger partial charge in [0.25, 0.3) is 0 Å². The lowest BCUT2D eigenvalue weighted by Gasteiger charge is -2.15. The fourth-order valence-electron chi connectivity index (χ4n) is 6.60. The zero-order chi connectivity index (χ0) is 32.9. The molecule has 198 valence electrons. The Bertz CT molecular complexity index is 2730. The smallest absolute Gasteiger partial charge is 0.149 e. The van der Waals surface area contributed by atoms with Gasteiger partial charge in [-0.1, -0.05) is 91.0 Å². The first-order chi connectivity index (χ1) is 23.1. The summed E-state index contributed by atoms with van der Waals surface area (Å²) in [6.07, 6.45) is 0. The van der Waals surface area contributed by atoms with E-state index in [0.29, 0.717) is 44.4 Å². The summed E-state index contributed by atoms with van der Waals surface area (Å²) in [5.41, 5.74) is 3.54. The van der Waals surface area contributed by atoms with Crippen molar-refractivity contribution in [1.82, 2.24) is 9.55 Å². The SMILES string of the molecule is [2H]C([2H])([2H])c1ccc(-c2nc3cccc(C([2H])([2H])[2H])c3n2-c2ccc3c4ccccc4c4ccccc4c3c2)c2oc3ccccc3c12. The maximum absolute atomic E-state index is 8.47. The maximum atomic E-state index is 8.47. The number of hydrogen-bond acceptors (Lipinski definition) is 2. The van der Waals surface area contributed by atoms with Crippen LogP contribution in [0.2, 0.25) is 0 Å². The molecular weight excluding hydrogens is 512 g/mol. The third-order valence-electron chi connectivity index (χ3n) is 8.43. The molecule has 3 nitrogen and oxygen atoms in total. The summed E-state index contributed by atoms with van der Waals surface area (Å²) in [6, 6.07) is 38.7. The zero-order valence-corrected chi connectivity index (χ0v) is 22.3. The molecule has 9 aromatic rings. The summed E-state index contributed by atoms with van der Waals surface area (Å²) < 4.78 is 58.7. The lowest BCUT2D eigenvalue weighted by Crippen LogP contribution is -1.99. The second-order valence-corrected chi connectivity index (χ2v) is 10.7. The molecule has 9 rings (SSSR count). The number of furan rings is 1. The van der Waals surface area contributed by atoms with Crippen molar-refractivity contribution in [3.63, 3.8) is 0 Å². The Balaban J connectivity index is 1.44. The van der Waals surface area contributed by atoms with Gasteiger partial charge in [0, 0.05) is 24.7 Å². The monoisotopic (exact) mass is 544 g/mol. The number of aryl methyl sites for hydroxylation is 2. The minimum atomic E-state index is -2.42. The molecule has 0 amide bonds. The van der Waals surface area contributed by atoms with Gasteiger partial charge >= 0.3 is 0 Å². The van der Waals surface area contributed by atoms with Gasteiger partial charge in [0.2, 0.25) is 0 Å². The summed E-state index contributed by atoms with van der Waals surface area (Å²) in [5.74, 6) is 0.451. The summed E-state index contributed by atoms with van der Waals surface area (Å²) >= 11 is 0. The van der Waals surface area contributed by atoms with Gasteiger partial charge in [-0.2, -0.15) is 0 Å². The minimum absolute atomic E-state index is 0.169. The van der Waals surface area contributed by atoms with Gasteiger partial charge in [-0.3, -0.25) is 4.57 Å². The van der Waals surface area contributed by atoms with Crippen LogP contribution >= 0.6 is 0 Å². The Morgan fingerprint density at radius 1 is 0.595 bits per heavy atom. The highest BCUT2D eigenvalue weighted by molar-refractivity contribution is 6.25. The quantitative estimate of drug-likeness (QED) is 0.203. The van der Waals surface area contributed by atoms with Crippen molar-refractivity contribution >= 4 is 65.3 Å². The first-order valence-corrected chi connectivity index (χ1v) is 13.9. The average molecular weight is 545 g/mol. The molecule has 2 heterocycles. The van der Waals surface area contributed by atoms with E-state index < -0.39 is 13.7 Å². The van der Waals surface area contributed by atoms with Crippen LogP contribution in [0.3, 0.4) is 0 Å². The minimum Gasteiger partial charge on any atom is -0.455 e. The van der Waals surface area contributed by atoms with E-state index in [1.165, 1.54) is 0 Å². The fraction of sp³-hybridized carbons (Fsp3) is 0.0513. The Kier molecular flexibility index (Phi) is 3.68. The molecule has 0 aliphatic carbocycles. The van der Waals surface area contributed by atoms with E-state index in [-0.39, 0.29) is 11.1 Å². The zero-order valence-electron chi connectivity index (χ0n) is 28.3. The van der Waals surface area contributed by atoms with E-state index in [4.69, 9.17) is 17.6 Å². The van der Waals surface area contributed by atoms with Gasteiger partial charge in [0.05, 0.1) is 16.6 Å². The van der Waals surface area contributed by atoms with Crippen molar-refractivity contribution in [2.75, 3.05) is 0 Å². The number of fused-ring (bicyclic) bond motifs is 10. The predicted octanol–water partition coefficient (Wildman–Crippen LogP) is 10.7. The summed E-state index contributed by atoms with van der Waals surface area (Å²) in [4.78, 5) is 5.05. The topological polar surface area (TPSA) is 31.0 Å². The number of imidazole rings is 1. The van der Waals surface area contributed by atoms with Crippen LogP contribution in [0.15, 0.2) is 126 Å². The molecule has 0 N–H and O–H groups in total. The number of aromatic nitrogens is 2. The third-order valence-corrected chi connectivity index (χ3v) is 8.43. The Morgan fingerprint density at radius 2 is 1.26 bits per heavy atom. The van der Waals surface area contributed by atoms with E-state index in [1.807, 2.05) is 59.2 Å². The van der Waals surface area contributed by atoms with Gasteiger partial charge in [-0.25, -0.2) is 4.98 Å². The predicted molar refractivity (Wildman–Crippen MR) is 176 cm³/mol. The van der Waals surface area contributed by atoms with Gasteiger partial charge < -0.3 is 4.42 Å². The van der Waals surface area contributed by atoms with Crippen molar-refractivity contribution < 1.29 is 12.6 Å². The highest BCUT2D eigenvalue weighted by Gasteiger charge is 2.22. The van der Waals surface area contributed by atoms with Gasteiger partial charge in [-0.15, -0.1) is 0 Å². The standard InChI is InChI=1S/C39H26N2O/c1-23-18-20-32(38-36(23)31-15-7-8-17-35(31)42-38)39-40-34-16-9-10-24(2)37(34)41(39)25-19-21-30-28-13-4-3-11-26(28)27-12-5-6-14-29(27)33(30)22-25/h3-22H,1-2H3/i1D3,2D3. The largest absolute Gasteiger partial charge is 0.455 e. The molecule has 0 saturated heterocycles. The summed E-state index contributed by atoms with van der Waals surface area (Å²) in [7, 11) is 0. The number of nitrogens with zero attached hydrogens (tertiary/aromatic N) is 2. The third kappa shape index (κ3) is 3.13. The second-order valence-electron chi connectivity index (χ2n) is 10.7. The van der Waals surface area contributed by atoms with Crippen LogP contribution in [0.5, 0.6) is 0 Å². The molecule has 0 aliphatic rings. The molecule has 0 unspecified atom stereocenters. The number of benzene rings is 7. The van der Waals surface area contributed by atoms with Crippen molar-refractivity contribution in [1.29, 1.82) is 0 Å². The van der Waals surface area contributed by atoms with Crippen molar-refractivity contribution in [2.24, 2.45) is 0 Å². The normalized spacial score (nSPS) is 14.8. The average Bonchev–Trinajstić information content (AvgIpc) is 3.66. The van der Waals surface area contributed by atoms with E-state index in [9.17, 15) is 0 Å². The molecule has 0 atom stereocenters. The highest BCUT2D eigenvalue weighted by atomic mass is 16.3. The molecule has 0 spiro atoms. The van der Waals surface area contributed by atoms with Crippen LogP contribution in [0.25, 0.3) is 82.4 Å². The molecule has 42 heavy (non-hydrogen) atoms. The molecule has 3 heteroatoms. The number of rotatable bonds is 2. The van der Waals surface area contributed by atoms with Crippen LogP contribution < -0.4 is 0 Å². The molecule has 2 aromatic heterocycles. The first-order valence-electron chi connectivity index (χ1n) is 16.9. The van der Waals surface area contributed by atoms with Crippen LogP contribution in [-0.4, -0.2) is 9.55 Å². The first kappa shape index (κ1) is 18.1. The summed E-state index contributed by atoms with van der Waals surface area (Å²) in [6.45, 7) is -4.81. The van der Waals surface area contributed by atoms with E-state index in [1.54, 1.807) is 30.3 Å². The second kappa shape index (κ2) is 8.55. The molecular formula is C39H26N2O. The van der Waals surface area contributed by atoms with Gasteiger partial charge in [0.15, 0.2) is 0 Å². The molecule has 0 bridgehead atoms. The van der Waals surface area contributed by atoms with Crippen LogP contribution in [-0.2, 0) is 0 Å². The molecule has 0 fully saturated rings. The van der Waals surface area contributed by atoms with E-state index in [0.717, 1.165) is 38.0 Å². The molecule has 0 radical (unpaired) electrons.